The van der Waals surface area contributed by atoms with Crippen molar-refractivity contribution in [3.8, 4) is 16.9 Å². The Kier molecular flexibility index (Phi) is 6.33. The smallest absolute Gasteiger partial charge is 0.251 e. The fourth-order valence-corrected chi connectivity index (χ4v) is 2.84. The van der Waals surface area contributed by atoms with E-state index in [1.165, 1.54) is 0 Å². The summed E-state index contributed by atoms with van der Waals surface area (Å²) in [6.07, 6.45) is 2.13. The number of benzene rings is 2. The van der Waals surface area contributed by atoms with Crippen LogP contribution in [0.1, 0.15) is 23.2 Å². The van der Waals surface area contributed by atoms with E-state index in [4.69, 9.17) is 0 Å². The molecule has 2 aromatic carbocycles. The summed E-state index contributed by atoms with van der Waals surface area (Å²) in [5, 5.41) is 16.0. The lowest BCUT2D eigenvalue weighted by molar-refractivity contribution is 0.0950. The maximum Gasteiger partial charge on any atom is 0.251 e. The van der Waals surface area contributed by atoms with Crippen LogP contribution in [0.5, 0.6) is 5.75 Å². The van der Waals surface area contributed by atoms with Gasteiger partial charge in [-0.3, -0.25) is 4.79 Å². The summed E-state index contributed by atoms with van der Waals surface area (Å²) in [5.74, 6) is -2.78. The zero-order valence-corrected chi connectivity index (χ0v) is 14.2. The summed E-state index contributed by atoms with van der Waals surface area (Å²) in [7, 11) is 0. The van der Waals surface area contributed by atoms with Crippen molar-refractivity contribution in [2.45, 2.75) is 18.9 Å². The van der Waals surface area contributed by atoms with Crippen LogP contribution >= 0.6 is 12.4 Å². The first-order valence-electron chi connectivity index (χ1n) is 7.84. The Hall–Kier alpha value is -2.18. The summed E-state index contributed by atoms with van der Waals surface area (Å²) < 4.78 is 26.6. The number of phenolic OH excluding ortho intramolecular Hbond substituents is 1. The number of carbonyl (C=O) groups is 1. The molecule has 1 amide bonds. The van der Waals surface area contributed by atoms with Gasteiger partial charge >= 0.3 is 0 Å². The van der Waals surface area contributed by atoms with Gasteiger partial charge in [-0.2, -0.15) is 0 Å². The van der Waals surface area contributed by atoms with E-state index in [9.17, 15) is 18.7 Å². The standard InChI is InChI=1S/C18H18F2N2O2.ClH/c19-15-8-14(17(23)9-16(15)20)11-3-1-4-12(7-11)18(24)22-10-13-5-2-6-21-13;/h1,3-4,7-9,13,21,23H,2,5-6,10H2,(H,22,24);1H/t13-;/m0./s1. The van der Waals surface area contributed by atoms with E-state index in [2.05, 4.69) is 10.6 Å². The number of rotatable bonds is 4. The van der Waals surface area contributed by atoms with Gasteiger partial charge in [-0.25, -0.2) is 8.78 Å². The lowest BCUT2D eigenvalue weighted by atomic mass is 10.0. The lowest BCUT2D eigenvalue weighted by Gasteiger charge is -2.12. The van der Waals surface area contributed by atoms with Crippen molar-refractivity contribution in [2.24, 2.45) is 0 Å². The van der Waals surface area contributed by atoms with Crippen LogP contribution in [-0.2, 0) is 0 Å². The molecule has 7 heteroatoms. The van der Waals surface area contributed by atoms with Crippen molar-refractivity contribution in [3.05, 3.63) is 53.6 Å². The van der Waals surface area contributed by atoms with E-state index in [-0.39, 0.29) is 35.7 Å². The van der Waals surface area contributed by atoms with Crippen molar-refractivity contribution in [1.29, 1.82) is 0 Å². The van der Waals surface area contributed by atoms with Crippen LogP contribution in [0.25, 0.3) is 11.1 Å². The fraction of sp³-hybridized carbons (Fsp3) is 0.278. The van der Waals surface area contributed by atoms with E-state index in [1.54, 1.807) is 24.3 Å². The van der Waals surface area contributed by atoms with Gasteiger partial charge in [0, 0.05) is 29.8 Å². The summed E-state index contributed by atoms with van der Waals surface area (Å²) in [6, 6.07) is 8.38. The second-order valence-corrected chi connectivity index (χ2v) is 5.87. The third-order valence-electron chi connectivity index (χ3n) is 4.15. The van der Waals surface area contributed by atoms with E-state index < -0.39 is 11.6 Å². The average Bonchev–Trinajstić information content (AvgIpc) is 3.09. The molecule has 0 bridgehead atoms. The summed E-state index contributed by atoms with van der Waals surface area (Å²) in [4.78, 5) is 12.3. The molecule has 4 nitrogen and oxygen atoms in total. The Labute approximate surface area is 150 Å². The van der Waals surface area contributed by atoms with E-state index in [0.29, 0.717) is 17.7 Å². The number of aromatic hydroxyl groups is 1. The van der Waals surface area contributed by atoms with Gasteiger partial charge in [-0.15, -0.1) is 12.4 Å². The van der Waals surface area contributed by atoms with Crippen LogP contribution in [0.15, 0.2) is 36.4 Å². The third kappa shape index (κ3) is 4.46. The zero-order chi connectivity index (χ0) is 17.1. The van der Waals surface area contributed by atoms with Crippen LogP contribution in [0.3, 0.4) is 0 Å². The molecule has 1 heterocycles. The van der Waals surface area contributed by atoms with E-state index in [1.807, 2.05) is 0 Å². The van der Waals surface area contributed by atoms with Gasteiger partial charge < -0.3 is 15.7 Å². The maximum absolute atomic E-state index is 13.4. The van der Waals surface area contributed by atoms with Crippen molar-refractivity contribution in [2.75, 3.05) is 13.1 Å². The topological polar surface area (TPSA) is 61.4 Å². The van der Waals surface area contributed by atoms with Gasteiger partial charge in [0.2, 0.25) is 0 Å². The van der Waals surface area contributed by atoms with Crippen molar-refractivity contribution in [1.82, 2.24) is 10.6 Å². The molecule has 0 saturated carbocycles. The number of halogens is 3. The normalized spacial score (nSPS) is 16.3. The number of nitrogens with one attached hydrogen (secondary N) is 2. The highest BCUT2D eigenvalue weighted by atomic mass is 35.5. The lowest BCUT2D eigenvalue weighted by Crippen LogP contribution is -2.37. The molecule has 1 aliphatic heterocycles. The van der Waals surface area contributed by atoms with Gasteiger partial charge in [0.25, 0.3) is 5.91 Å². The number of hydrogen-bond acceptors (Lipinski definition) is 3. The predicted octanol–water partition coefficient (Wildman–Crippen LogP) is 3.24. The Morgan fingerprint density at radius 1 is 1.24 bits per heavy atom. The van der Waals surface area contributed by atoms with Gasteiger partial charge in [-0.1, -0.05) is 12.1 Å². The molecule has 0 aliphatic carbocycles. The summed E-state index contributed by atoms with van der Waals surface area (Å²) >= 11 is 0. The number of phenols is 1. The number of carbonyl (C=O) groups excluding carboxylic acids is 1. The first-order chi connectivity index (χ1) is 11.5. The molecule has 1 fully saturated rings. The highest BCUT2D eigenvalue weighted by Gasteiger charge is 2.16. The minimum atomic E-state index is -1.12. The molecule has 1 aliphatic rings. The summed E-state index contributed by atoms with van der Waals surface area (Å²) in [5.41, 5.74) is 0.980. The van der Waals surface area contributed by atoms with Crippen molar-refractivity contribution in [3.63, 3.8) is 0 Å². The monoisotopic (exact) mass is 368 g/mol. The van der Waals surface area contributed by atoms with E-state index in [0.717, 1.165) is 31.5 Å². The van der Waals surface area contributed by atoms with E-state index >= 15 is 0 Å². The Balaban J connectivity index is 0.00000225. The molecule has 134 valence electrons. The van der Waals surface area contributed by atoms with Gasteiger partial charge in [0.05, 0.1) is 0 Å². The van der Waals surface area contributed by atoms with Crippen LogP contribution in [0.4, 0.5) is 8.78 Å². The van der Waals surface area contributed by atoms with Gasteiger partial charge in [0.1, 0.15) is 5.75 Å². The first kappa shape index (κ1) is 19.1. The quantitative estimate of drug-likeness (QED) is 0.776. The molecule has 3 rings (SSSR count). The maximum atomic E-state index is 13.4. The molecule has 2 aromatic rings. The molecule has 0 spiro atoms. The highest BCUT2D eigenvalue weighted by Crippen LogP contribution is 2.31. The van der Waals surface area contributed by atoms with Crippen molar-refractivity contribution < 1.29 is 18.7 Å². The Morgan fingerprint density at radius 3 is 2.72 bits per heavy atom. The molecule has 1 saturated heterocycles. The Morgan fingerprint density at radius 2 is 2.00 bits per heavy atom. The number of amides is 1. The van der Waals surface area contributed by atoms with Crippen LogP contribution in [0, 0.1) is 11.6 Å². The molecule has 3 N–H and O–H groups in total. The molecule has 0 radical (unpaired) electrons. The second-order valence-electron chi connectivity index (χ2n) is 5.87. The first-order valence-corrected chi connectivity index (χ1v) is 7.84. The average molecular weight is 369 g/mol. The minimum Gasteiger partial charge on any atom is -0.507 e. The molecule has 0 aromatic heterocycles. The number of hydrogen-bond donors (Lipinski definition) is 3. The molecular formula is C18H19ClF2N2O2. The second kappa shape index (κ2) is 8.27. The van der Waals surface area contributed by atoms with Crippen LogP contribution < -0.4 is 10.6 Å². The van der Waals surface area contributed by atoms with Crippen molar-refractivity contribution >= 4 is 18.3 Å². The third-order valence-corrected chi connectivity index (χ3v) is 4.15. The molecule has 25 heavy (non-hydrogen) atoms. The van der Waals surface area contributed by atoms with Crippen LogP contribution in [0.2, 0.25) is 0 Å². The highest BCUT2D eigenvalue weighted by molar-refractivity contribution is 5.95. The SMILES string of the molecule is Cl.O=C(NC[C@@H]1CCCN1)c1cccc(-c2cc(F)c(F)cc2O)c1. The largest absolute Gasteiger partial charge is 0.507 e. The zero-order valence-electron chi connectivity index (χ0n) is 13.4. The molecule has 1 atom stereocenters. The van der Waals surface area contributed by atoms with Gasteiger partial charge in [-0.05, 0) is 43.1 Å². The Bertz CT molecular complexity index is 765. The van der Waals surface area contributed by atoms with Gasteiger partial charge in [0.15, 0.2) is 11.6 Å². The summed E-state index contributed by atoms with van der Waals surface area (Å²) in [6.45, 7) is 1.50. The molecule has 0 unspecified atom stereocenters. The van der Waals surface area contributed by atoms with Crippen LogP contribution in [-0.4, -0.2) is 30.1 Å². The fourth-order valence-electron chi connectivity index (χ4n) is 2.84. The predicted molar refractivity (Wildman–Crippen MR) is 94.1 cm³/mol. The minimum absolute atomic E-state index is 0. The molecular weight excluding hydrogens is 350 g/mol.